The third-order valence-electron chi connectivity index (χ3n) is 6.44. The topological polar surface area (TPSA) is 115 Å². The number of sulfonamides is 1. The van der Waals surface area contributed by atoms with Crippen LogP contribution in [0.2, 0.25) is 10.0 Å². The van der Waals surface area contributed by atoms with E-state index in [1.807, 2.05) is 18.2 Å². The largest absolute Gasteiger partial charge is 0.459 e. The maximum absolute atomic E-state index is 13.9. The van der Waals surface area contributed by atoms with Gasteiger partial charge in [0.25, 0.3) is 10.0 Å². The van der Waals surface area contributed by atoms with Crippen molar-refractivity contribution in [3.05, 3.63) is 70.5 Å². The molecule has 0 bridgehead atoms. The molecule has 3 aromatic carbocycles. The number of esters is 1. The van der Waals surface area contributed by atoms with Crippen LogP contribution in [0, 0.1) is 0 Å². The quantitative estimate of drug-likeness (QED) is 0.230. The van der Waals surface area contributed by atoms with Gasteiger partial charge >= 0.3 is 5.97 Å². The van der Waals surface area contributed by atoms with Crippen LogP contribution in [-0.2, 0) is 30.8 Å². The van der Waals surface area contributed by atoms with E-state index in [1.165, 1.54) is 18.2 Å². The van der Waals surface area contributed by atoms with Crippen LogP contribution in [-0.4, -0.2) is 67.9 Å². The number of hydrogen-bond acceptors (Lipinski definition) is 9. The van der Waals surface area contributed by atoms with Crippen molar-refractivity contribution in [2.24, 2.45) is 0 Å². The second-order valence-corrected chi connectivity index (χ2v) is 13.5. The molecular weight excluding hydrogens is 603 g/mol. The average molecular weight is 634 g/mol. The molecule has 0 amide bonds. The fraction of sp³-hybridized carbons (Fsp3) is 0.345. The third-order valence-corrected chi connectivity index (χ3v) is 8.63. The summed E-state index contributed by atoms with van der Waals surface area (Å²) < 4.78 is 45.1. The number of halogens is 2. The maximum atomic E-state index is 13.9. The van der Waals surface area contributed by atoms with Crippen LogP contribution >= 0.6 is 23.2 Å². The van der Waals surface area contributed by atoms with Crippen molar-refractivity contribution in [3.63, 3.8) is 0 Å². The number of fused-ring (bicyclic) bond motifs is 1. The number of nitrogens with zero attached hydrogens (tertiary/aromatic N) is 4. The highest BCUT2D eigenvalue weighted by Crippen LogP contribution is 2.33. The Morgan fingerprint density at radius 1 is 1.05 bits per heavy atom. The van der Waals surface area contributed by atoms with Gasteiger partial charge < -0.3 is 14.0 Å². The predicted octanol–water partition coefficient (Wildman–Crippen LogP) is 5.57. The van der Waals surface area contributed by atoms with Gasteiger partial charge in [-0.3, -0.25) is 14.0 Å². The van der Waals surface area contributed by atoms with E-state index in [2.05, 4.69) is 15.0 Å². The first-order valence-corrected chi connectivity index (χ1v) is 15.5. The highest BCUT2D eigenvalue weighted by Gasteiger charge is 2.30. The summed E-state index contributed by atoms with van der Waals surface area (Å²) in [6.45, 7) is 8.00. The molecule has 0 N–H and O–H groups in total. The highest BCUT2D eigenvalue weighted by molar-refractivity contribution is 7.92. The Morgan fingerprint density at radius 2 is 1.76 bits per heavy atom. The van der Waals surface area contributed by atoms with Crippen LogP contribution in [0.15, 0.2) is 64.0 Å². The molecule has 5 rings (SSSR count). The molecular formula is C29H30Cl2N4O6S. The summed E-state index contributed by atoms with van der Waals surface area (Å²) in [6.07, 6.45) is 0. The van der Waals surface area contributed by atoms with E-state index in [0.717, 1.165) is 28.3 Å². The molecule has 1 aliphatic heterocycles. The lowest BCUT2D eigenvalue weighted by molar-refractivity contribution is -0.152. The van der Waals surface area contributed by atoms with E-state index < -0.39 is 28.1 Å². The van der Waals surface area contributed by atoms with Crippen molar-refractivity contribution < 1.29 is 27.2 Å². The number of carbonyl (C=O) groups is 1. The van der Waals surface area contributed by atoms with E-state index >= 15 is 0 Å². The van der Waals surface area contributed by atoms with Crippen molar-refractivity contribution >= 4 is 55.7 Å². The first-order chi connectivity index (χ1) is 19.9. The molecule has 4 aromatic rings. The van der Waals surface area contributed by atoms with Gasteiger partial charge in [0.2, 0.25) is 11.7 Å². The fourth-order valence-electron chi connectivity index (χ4n) is 4.61. The second kappa shape index (κ2) is 12.2. The van der Waals surface area contributed by atoms with Crippen LogP contribution in [0.3, 0.4) is 0 Å². The van der Waals surface area contributed by atoms with Gasteiger partial charge in [-0.05, 0) is 61.9 Å². The van der Waals surface area contributed by atoms with Crippen LogP contribution < -0.4 is 4.31 Å². The van der Waals surface area contributed by atoms with Crippen LogP contribution in [0.1, 0.15) is 26.7 Å². The number of hydrogen-bond donors (Lipinski definition) is 0. The number of anilines is 1. The van der Waals surface area contributed by atoms with Crippen molar-refractivity contribution in [1.29, 1.82) is 0 Å². The number of carbonyl (C=O) groups excluding carboxylic acids is 1. The normalized spacial score (nSPS) is 14.7. The zero-order valence-corrected chi connectivity index (χ0v) is 25.7. The zero-order chi connectivity index (χ0) is 30.1. The molecule has 0 atom stereocenters. The Morgan fingerprint density at radius 3 is 2.45 bits per heavy atom. The number of morpholine rings is 1. The summed E-state index contributed by atoms with van der Waals surface area (Å²) in [5, 5.41) is 5.97. The Hall–Kier alpha value is -3.22. The summed E-state index contributed by atoms with van der Waals surface area (Å²) in [5.41, 5.74) is 0.164. The standard InChI is InChI=1S/C29H30Cl2N4O6S/c1-29(2,3)40-27(36)18-35(42(37,38)23-15-20(30)14-21(31)16-23)22-7-8-24-19(13-22)5-4-6-25(24)28-32-26(41-33-28)17-34-9-11-39-12-10-34/h4-8,13-16H,9-12,17-18H2,1-3H3. The van der Waals surface area contributed by atoms with Crippen molar-refractivity contribution in [2.45, 2.75) is 37.8 Å². The number of ether oxygens (including phenoxy) is 2. The van der Waals surface area contributed by atoms with Crippen molar-refractivity contribution in [3.8, 4) is 11.4 Å². The lowest BCUT2D eigenvalue weighted by Gasteiger charge is -2.27. The summed E-state index contributed by atoms with van der Waals surface area (Å²) in [7, 11) is -4.28. The number of aromatic nitrogens is 2. The molecule has 1 saturated heterocycles. The zero-order valence-electron chi connectivity index (χ0n) is 23.3. The first kappa shape index (κ1) is 30.2. The Kier molecular flexibility index (Phi) is 8.77. The molecule has 0 spiro atoms. The van der Waals surface area contributed by atoms with Gasteiger partial charge in [-0.25, -0.2) is 8.42 Å². The molecule has 0 saturated carbocycles. The van der Waals surface area contributed by atoms with Gasteiger partial charge in [0.1, 0.15) is 12.1 Å². The van der Waals surface area contributed by atoms with Gasteiger partial charge in [0, 0.05) is 28.7 Å². The lowest BCUT2D eigenvalue weighted by atomic mass is 10.0. The van der Waals surface area contributed by atoms with Crippen molar-refractivity contribution in [1.82, 2.24) is 15.0 Å². The lowest BCUT2D eigenvalue weighted by Crippen LogP contribution is -2.39. The molecule has 0 unspecified atom stereocenters. The van der Waals surface area contributed by atoms with Crippen molar-refractivity contribution in [2.75, 3.05) is 37.2 Å². The van der Waals surface area contributed by atoms with Gasteiger partial charge in [-0.1, -0.05) is 52.6 Å². The molecule has 1 aromatic heterocycles. The van der Waals surface area contributed by atoms with Crippen LogP contribution in [0.25, 0.3) is 22.2 Å². The molecule has 1 aliphatic rings. The minimum atomic E-state index is -4.28. The minimum absolute atomic E-state index is 0.148. The van der Waals surface area contributed by atoms with Crippen LogP contribution in [0.5, 0.6) is 0 Å². The molecule has 2 heterocycles. The SMILES string of the molecule is CC(C)(C)OC(=O)CN(c1ccc2c(-c3noc(CN4CCOCC4)n3)cccc2c1)S(=O)(=O)c1cc(Cl)cc(Cl)c1. The summed E-state index contributed by atoms with van der Waals surface area (Å²) in [5.74, 6) is 0.200. The summed E-state index contributed by atoms with van der Waals surface area (Å²) in [6, 6.07) is 14.6. The molecule has 222 valence electrons. The van der Waals surface area contributed by atoms with E-state index in [1.54, 1.807) is 39.0 Å². The minimum Gasteiger partial charge on any atom is -0.459 e. The van der Waals surface area contributed by atoms with Crippen LogP contribution in [0.4, 0.5) is 5.69 Å². The molecule has 10 nitrogen and oxygen atoms in total. The predicted molar refractivity (Wildman–Crippen MR) is 160 cm³/mol. The molecule has 42 heavy (non-hydrogen) atoms. The molecule has 13 heteroatoms. The highest BCUT2D eigenvalue weighted by atomic mass is 35.5. The first-order valence-electron chi connectivity index (χ1n) is 13.3. The number of rotatable bonds is 8. The van der Waals surface area contributed by atoms with Gasteiger partial charge in [-0.15, -0.1) is 0 Å². The number of benzene rings is 3. The van der Waals surface area contributed by atoms with Gasteiger partial charge in [-0.2, -0.15) is 4.98 Å². The van der Waals surface area contributed by atoms with Gasteiger partial charge in [0.15, 0.2) is 0 Å². The van der Waals surface area contributed by atoms with E-state index in [9.17, 15) is 13.2 Å². The second-order valence-electron chi connectivity index (χ2n) is 10.8. The molecule has 0 aliphatic carbocycles. The van der Waals surface area contributed by atoms with E-state index in [-0.39, 0.29) is 20.6 Å². The van der Waals surface area contributed by atoms with Gasteiger partial charge in [0.05, 0.1) is 30.3 Å². The monoisotopic (exact) mass is 632 g/mol. The summed E-state index contributed by atoms with van der Waals surface area (Å²) in [4.78, 5) is 19.5. The van der Waals surface area contributed by atoms with E-state index in [4.69, 9.17) is 37.2 Å². The molecule has 1 fully saturated rings. The van der Waals surface area contributed by atoms with E-state index in [0.29, 0.717) is 36.9 Å². The fourth-order valence-corrected chi connectivity index (χ4v) is 6.74. The third kappa shape index (κ3) is 7.04. The maximum Gasteiger partial charge on any atom is 0.327 e. The smallest absolute Gasteiger partial charge is 0.327 e. The Balaban J connectivity index is 1.51. The molecule has 0 radical (unpaired) electrons. The Bertz CT molecular complexity index is 1690. The average Bonchev–Trinajstić information content (AvgIpc) is 3.38. The summed E-state index contributed by atoms with van der Waals surface area (Å²) >= 11 is 12.2. The Labute approximate surface area is 254 Å².